The summed E-state index contributed by atoms with van der Waals surface area (Å²) in [6.07, 6.45) is 0. The Bertz CT molecular complexity index is 1150. The van der Waals surface area contributed by atoms with Crippen LogP contribution in [0, 0.1) is 20.8 Å². The molecule has 0 aliphatic heterocycles. The standard InChI is InChI=1S/C21H25N3O5S/c1-13-9-14(2)20(15(3)10-13)30(25,26)24(4)12-19-22-21(23-29-19)17-8-7-16(27-5)11-18(17)28-6/h7-11H,12H2,1-6H3. The minimum atomic E-state index is -3.73. The van der Waals surface area contributed by atoms with Crippen LogP contribution in [0.15, 0.2) is 39.8 Å². The highest BCUT2D eigenvalue weighted by molar-refractivity contribution is 7.89. The van der Waals surface area contributed by atoms with Gasteiger partial charge in [-0.1, -0.05) is 22.9 Å². The third-order valence-corrected chi connectivity index (χ3v) is 6.86. The van der Waals surface area contributed by atoms with Crippen LogP contribution in [0.4, 0.5) is 0 Å². The Hall–Kier alpha value is -2.91. The second-order valence-corrected chi connectivity index (χ2v) is 9.05. The lowest BCUT2D eigenvalue weighted by molar-refractivity contribution is 0.336. The van der Waals surface area contributed by atoms with Crippen LogP contribution in [0.25, 0.3) is 11.4 Å². The first-order valence-electron chi connectivity index (χ1n) is 9.26. The number of aromatic nitrogens is 2. The molecule has 160 valence electrons. The van der Waals surface area contributed by atoms with E-state index >= 15 is 0 Å². The van der Waals surface area contributed by atoms with E-state index in [0.717, 1.165) is 5.56 Å². The van der Waals surface area contributed by atoms with E-state index in [-0.39, 0.29) is 12.4 Å². The third-order valence-electron chi connectivity index (χ3n) is 4.75. The Balaban J connectivity index is 1.88. The molecule has 0 unspecified atom stereocenters. The summed E-state index contributed by atoms with van der Waals surface area (Å²) in [5.41, 5.74) is 3.03. The molecule has 0 N–H and O–H groups in total. The SMILES string of the molecule is COc1ccc(-c2noc(CN(C)S(=O)(=O)c3c(C)cc(C)cc3C)n2)c(OC)c1. The van der Waals surface area contributed by atoms with E-state index in [2.05, 4.69) is 10.1 Å². The number of rotatable bonds is 7. The molecule has 0 fully saturated rings. The van der Waals surface area contributed by atoms with Crippen LogP contribution in [0.2, 0.25) is 0 Å². The average molecular weight is 432 g/mol. The van der Waals surface area contributed by atoms with Gasteiger partial charge in [0.25, 0.3) is 0 Å². The maximum absolute atomic E-state index is 13.1. The Labute approximate surface area is 176 Å². The van der Waals surface area contributed by atoms with Crippen LogP contribution in [0.3, 0.4) is 0 Å². The van der Waals surface area contributed by atoms with Crippen LogP contribution in [-0.2, 0) is 16.6 Å². The zero-order chi connectivity index (χ0) is 22.1. The number of aryl methyl sites for hydroxylation is 3. The predicted octanol–water partition coefficient (Wildman–Crippen LogP) is 3.50. The minimum absolute atomic E-state index is 0.0550. The smallest absolute Gasteiger partial charge is 0.243 e. The van der Waals surface area contributed by atoms with Gasteiger partial charge >= 0.3 is 0 Å². The number of methoxy groups -OCH3 is 2. The molecular weight excluding hydrogens is 406 g/mol. The first-order chi connectivity index (χ1) is 14.2. The van der Waals surface area contributed by atoms with E-state index < -0.39 is 10.0 Å². The van der Waals surface area contributed by atoms with Gasteiger partial charge in [0.05, 0.1) is 31.2 Å². The number of sulfonamides is 1. The Kier molecular flexibility index (Phi) is 6.14. The molecule has 0 bridgehead atoms. The second kappa shape index (κ2) is 8.45. The largest absolute Gasteiger partial charge is 0.497 e. The molecule has 1 aromatic heterocycles. The van der Waals surface area contributed by atoms with Gasteiger partial charge < -0.3 is 14.0 Å². The molecule has 0 radical (unpaired) electrons. The van der Waals surface area contributed by atoms with Gasteiger partial charge in [0, 0.05) is 13.1 Å². The molecule has 2 aromatic carbocycles. The molecule has 3 aromatic rings. The number of ether oxygens (including phenoxy) is 2. The summed E-state index contributed by atoms with van der Waals surface area (Å²) in [7, 11) is 0.862. The van der Waals surface area contributed by atoms with Gasteiger partial charge in [0.1, 0.15) is 11.5 Å². The van der Waals surface area contributed by atoms with Crippen molar-refractivity contribution in [3.63, 3.8) is 0 Å². The zero-order valence-electron chi connectivity index (χ0n) is 17.9. The highest BCUT2D eigenvalue weighted by atomic mass is 32.2. The van der Waals surface area contributed by atoms with Gasteiger partial charge in [0.2, 0.25) is 21.7 Å². The second-order valence-electron chi connectivity index (χ2n) is 7.07. The fraction of sp³-hybridized carbons (Fsp3) is 0.333. The molecule has 0 atom stereocenters. The summed E-state index contributed by atoms with van der Waals surface area (Å²) in [4.78, 5) is 4.64. The van der Waals surface area contributed by atoms with E-state index in [0.29, 0.717) is 38.9 Å². The fourth-order valence-corrected chi connectivity index (χ4v) is 4.94. The van der Waals surface area contributed by atoms with E-state index in [1.54, 1.807) is 39.2 Å². The topological polar surface area (TPSA) is 94.8 Å². The highest BCUT2D eigenvalue weighted by Gasteiger charge is 2.27. The number of hydrogen-bond acceptors (Lipinski definition) is 7. The maximum atomic E-state index is 13.1. The summed E-state index contributed by atoms with van der Waals surface area (Å²) in [5.74, 6) is 1.64. The fourth-order valence-electron chi connectivity index (χ4n) is 3.42. The Morgan fingerprint density at radius 2 is 1.70 bits per heavy atom. The van der Waals surface area contributed by atoms with Crippen molar-refractivity contribution in [2.45, 2.75) is 32.2 Å². The van der Waals surface area contributed by atoms with Gasteiger partial charge in [-0.3, -0.25) is 0 Å². The van der Waals surface area contributed by atoms with Crippen LogP contribution >= 0.6 is 0 Å². The molecule has 0 saturated heterocycles. The monoisotopic (exact) mass is 431 g/mol. The molecule has 0 aliphatic carbocycles. The molecule has 0 amide bonds. The Morgan fingerprint density at radius 1 is 1.03 bits per heavy atom. The highest BCUT2D eigenvalue weighted by Crippen LogP contribution is 2.32. The first-order valence-corrected chi connectivity index (χ1v) is 10.7. The molecular formula is C21H25N3O5S. The molecule has 3 rings (SSSR count). The third kappa shape index (κ3) is 4.17. The molecule has 8 nitrogen and oxygen atoms in total. The van der Waals surface area contributed by atoms with Crippen molar-refractivity contribution in [2.24, 2.45) is 0 Å². The van der Waals surface area contributed by atoms with Crippen LogP contribution < -0.4 is 9.47 Å². The first kappa shape index (κ1) is 21.8. The summed E-state index contributed by atoms with van der Waals surface area (Å²) in [6, 6.07) is 8.94. The van der Waals surface area contributed by atoms with Crippen molar-refractivity contribution in [3.05, 3.63) is 52.9 Å². The number of hydrogen-bond donors (Lipinski definition) is 0. The van der Waals surface area contributed by atoms with E-state index in [1.807, 2.05) is 19.1 Å². The van der Waals surface area contributed by atoms with E-state index in [9.17, 15) is 8.42 Å². The summed E-state index contributed by atoms with van der Waals surface area (Å²) in [5, 5.41) is 3.98. The van der Waals surface area contributed by atoms with Crippen molar-refractivity contribution in [2.75, 3.05) is 21.3 Å². The van der Waals surface area contributed by atoms with Crippen molar-refractivity contribution < 1.29 is 22.4 Å². The van der Waals surface area contributed by atoms with Crippen LogP contribution in [0.1, 0.15) is 22.6 Å². The lowest BCUT2D eigenvalue weighted by Gasteiger charge is -2.19. The molecule has 1 heterocycles. The van der Waals surface area contributed by atoms with Gasteiger partial charge in [0.15, 0.2) is 0 Å². The van der Waals surface area contributed by atoms with Crippen molar-refractivity contribution in [1.82, 2.24) is 14.4 Å². The molecule has 9 heteroatoms. The minimum Gasteiger partial charge on any atom is -0.497 e. The average Bonchev–Trinajstić information content (AvgIpc) is 3.14. The van der Waals surface area contributed by atoms with E-state index in [4.69, 9.17) is 14.0 Å². The summed E-state index contributed by atoms with van der Waals surface area (Å²) < 4.78 is 43.4. The van der Waals surface area contributed by atoms with Crippen molar-refractivity contribution in [3.8, 4) is 22.9 Å². The van der Waals surface area contributed by atoms with Crippen LogP contribution in [0.5, 0.6) is 11.5 Å². The normalized spacial score (nSPS) is 11.7. The van der Waals surface area contributed by atoms with Crippen molar-refractivity contribution >= 4 is 10.0 Å². The summed E-state index contributed by atoms with van der Waals surface area (Å²) in [6.45, 7) is 5.47. The summed E-state index contributed by atoms with van der Waals surface area (Å²) >= 11 is 0. The van der Waals surface area contributed by atoms with Gasteiger partial charge in [-0.2, -0.15) is 9.29 Å². The molecule has 0 spiro atoms. The van der Waals surface area contributed by atoms with Crippen molar-refractivity contribution in [1.29, 1.82) is 0 Å². The van der Waals surface area contributed by atoms with Crippen LogP contribution in [-0.4, -0.2) is 44.1 Å². The maximum Gasteiger partial charge on any atom is 0.243 e. The predicted molar refractivity (Wildman–Crippen MR) is 112 cm³/mol. The number of benzene rings is 2. The quantitative estimate of drug-likeness (QED) is 0.565. The zero-order valence-corrected chi connectivity index (χ0v) is 18.7. The number of nitrogens with zero attached hydrogens (tertiary/aromatic N) is 3. The molecule has 0 saturated carbocycles. The van der Waals surface area contributed by atoms with Gasteiger partial charge in [-0.15, -0.1) is 0 Å². The van der Waals surface area contributed by atoms with E-state index in [1.165, 1.54) is 18.5 Å². The Morgan fingerprint density at radius 3 is 2.30 bits per heavy atom. The lowest BCUT2D eigenvalue weighted by Crippen LogP contribution is -2.28. The van der Waals surface area contributed by atoms with Gasteiger partial charge in [-0.05, 0) is 44.0 Å². The molecule has 30 heavy (non-hydrogen) atoms. The lowest BCUT2D eigenvalue weighted by atomic mass is 10.1. The van der Waals surface area contributed by atoms with Gasteiger partial charge in [-0.25, -0.2) is 8.42 Å². The molecule has 0 aliphatic rings.